The molecule has 0 aromatic heterocycles. The molecule has 1 aromatic rings. The van der Waals surface area contributed by atoms with E-state index in [2.05, 4.69) is 13.0 Å². The van der Waals surface area contributed by atoms with E-state index in [1.807, 2.05) is 44.7 Å². The summed E-state index contributed by atoms with van der Waals surface area (Å²) < 4.78 is 23.0. The average Bonchev–Trinajstić information content (AvgIpc) is 2.93. The van der Waals surface area contributed by atoms with Crippen molar-refractivity contribution in [3.8, 4) is 11.5 Å². The summed E-state index contributed by atoms with van der Waals surface area (Å²) in [6.07, 6.45) is 0.363. The van der Waals surface area contributed by atoms with Crippen LogP contribution in [0.4, 0.5) is 0 Å². The molecule has 0 saturated carbocycles. The predicted molar refractivity (Wildman–Crippen MR) is 89.9 cm³/mol. The van der Waals surface area contributed by atoms with Crippen LogP contribution < -0.4 is 9.47 Å². The van der Waals surface area contributed by atoms with Crippen molar-refractivity contribution in [3.05, 3.63) is 23.8 Å². The van der Waals surface area contributed by atoms with E-state index in [4.69, 9.17) is 18.9 Å². The molecular weight excluding hydrogens is 300 g/mol. The molecule has 0 aliphatic carbocycles. The number of hydrogen-bond acceptors (Lipinski definition) is 5. The van der Waals surface area contributed by atoms with E-state index in [1.165, 1.54) is 0 Å². The Morgan fingerprint density at radius 3 is 2.68 bits per heavy atom. The highest BCUT2D eigenvalue weighted by atomic mass is 32.2. The predicted octanol–water partition coefficient (Wildman–Crippen LogP) is 4.04. The van der Waals surface area contributed by atoms with Gasteiger partial charge in [0.1, 0.15) is 12.0 Å². The maximum absolute atomic E-state index is 5.90. The van der Waals surface area contributed by atoms with Crippen molar-refractivity contribution in [2.24, 2.45) is 0 Å². The zero-order valence-electron chi connectivity index (χ0n) is 13.8. The first-order valence-corrected chi connectivity index (χ1v) is 8.97. The van der Waals surface area contributed by atoms with Gasteiger partial charge in [0.25, 0.3) is 0 Å². The maximum Gasteiger partial charge on any atom is 0.161 e. The quantitative estimate of drug-likeness (QED) is 0.720. The van der Waals surface area contributed by atoms with E-state index >= 15 is 0 Å². The van der Waals surface area contributed by atoms with Gasteiger partial charge in [-0.3, -0.25) is 0 Å². The molecule has 3 unspecified atom stereocenters. The van der Waals surface area contributed by atoms with Crippen LogP contribution in [0.2, 0.25) is 0 Å². The number of benzene rings is 1. The molecule has 22 heavy (non-hydrogen) atoms. The van der Waals surface area contributed by atoms with Crippen LogP contribution in [0.15, 0.2) is 18.2 Å². The minimum Gasteiger partial charge on any atom is -0.490 e. The average molecular weight is 326 g/mol. The van der Waals surface area contributed by atoms with Gasteiger partial charge in [-0.25, -0.2) is 0 Å². The third kappa shape index (κ3) is 4.80. The normalized spacial score (nSPS) is 22.5. The molecule has 5 heteroatoms. The topological polar surface area (TPSA) is 36.9 Å². The fourth-order valence-corrected chi connectivity index (χ4v) is 3.42. The van der Waals surface area contributed by atoms with E-state index in [9.17, 15) is 0 Å². The third-order valence-corrected chi connectivity index (χ3v) is 4.65. The number of hydrogen-bond donors (Lipinski definition) is 0. The summed E-state index contributed by atoms with van der Waals surface area (Å²) in [5, 5.41) is 0. The second-order valence-electron chi connectivity index (χ2n) is 5.33. The number of rotatable bonds is 8. The molecule has 3 atom stereocenters. The lowest BCUT2D eigenvalue weighted by molar-refractivity contribution is 0.0393. The van der Waals surface area contributed by atoms with Gasteiger partial charge in [0.15, 0.2) is 11.5 Å². The smallest absolute Gasteiger partial charge is 0.161 e. The summed E-state index contributed by atoms with van der Waals surface area (Å²) in [6.45, 7) is 9.87. The fourth-order valence-electron chi connectivity index (χ4n) is 2.29. The van der Waals surface area contributed by atoms with Gasteiger partial charge in [-0.2, -0.15) is 0 Å². The number of ether oxygens (including phenoxy) is 4. The van der Waals surface area contributed by atoms with Gasteiger partial charge in [-0.05, 0) is 45.4 Å². The van der Waals surface area contributed by atoms with Gasteiger partial charge in [-0.1, -0.05) is 6.07 Å². The molecule has 0 bridgehead atoms. The van der Waals surface area contributed by atoms with Crippen LogP contribution in [0.3, 0.4) is 0 Å². The lowest BCUT2D eigenvalue weighted by Crippen LogP contribution is -2.18. The molecular formula is C17H26O4S. The Kier molecular flexibility index (Phi) is 6.86. The first-order valence-electron chi connectivity index (χ1n) is 7.92. The second kappa shape index (κ2) is 8.65. The van der Waals surface area contributed by atoms with Crippen molar-refractivity contribution in [2.75, 3.05) is 25.6 Å². The Labute approximate surface area is 137 Å². The van der Waals surface area contributed by atoms with Crippen molar-refractivity contribution in [1.29, 1.82) is 0 Å². The Hall–Kier alpha value is -0.910. The van der Waals surface area contributed by atoms with Gasteiger partial charge in [-0.15, -0.1) is 11.8 Å². The van der Waals surface area contributed by atoms with Crippen LogP contribution in [-0.4, -0.2) is 37.8 Å². The fraction of sp³-hybridized carbons (Fsp3) is 0.647. The summed E-state index contributed by atoms with van der Waals surface area (Å²) in [6, 6.07) is 6.05. The summed E-state index contributed by atoms with van der Waals surface area (Å²) in [7, 11) is 0. The molecule has 124 valence electrons. The summed E-state index contributed by atoms with van der Waals surface area (Å²) in [5.74, 6) is 2.55. The molecule has 0 amide bonds. The zero-order chi connectivity index (χ0) is 15.9. The van der Waals surface area contributed by atoms with E-state index in [1.54, 1.807) is 0 Å². The molecule has 1 aliphatic heterocycles. The molecule has 1 aliphatic rings. The van der Waals surface area contributed by atoms with E-state index in [0.717, 1.165) is 22.8 Å². The maximum atomic E-state index is 5.90. The van der Waals surface area contributed by atoms with E-state index in [-0.39, 0.29) is 11.5 Å². The Morgan fingerprint density at radius 1 is 1.23 bits per heavy atom. The van der Waals surface area contributed by atoms with Crippen LogP contribution >= 0.6 is 11.8 Å². The van der Waals surface area contributed by atoms with Gasteiger partial charge < -0.3 is 18.9 Å². The minimum atomic E-state index is 0.0636. The van der Waals surface area contributed by atoms with Crippen LogP contribution in [0.5, 0.6) is 11.5 Å². The monoisotopic (exact) mass is 326 g/mol. The Bertz CT molecular complexity index is 466. The largest absolute Gasteiger partial charge is 0.490 e. The number of thioether (sulfide) groups is 1. The van der Waals surface area contributed by atoms with Crippen LogP contribution in [0, 0.1) is 0 Å². The molecule has 1 heterocycles. The van der Waals surface area contributed by atoms with Crippen molar-refractivity contribution >= 4 is 11.8 Å². The molecule has 1 fully saturated rings. The molecule has 0 radical (unpaired) electrons. The highest BCUT2D eigenvalue weighted by Crippen LogP contribution is 2.41. The molecule has 1 saturated heterocycles. The Morgan fingerprint density at radius 2 is 2.05 bits per heavy atom. The van der Waals surface area contributed by atoms with Gasteiger partial charge in [0.2, 0.25) is 0 Å². The highest BCUT2D eigenvalue weighted by molar-refractivity contribution is 7.99. The zero-order valence-corrected chi connectivity index (χ0v) is 14.7. The lowest BCUT2D eigenvalue weighted by atomic mass is 10.2. The second-order valence-corrected chi connectivity index (χ2v) is 6.42. The molecule has 0 N–H and O–H groups in total. The van der Waals surface area contributed by atoms with Crippen LogP contribution in [0.1, 0.15) is 38.7 Å². The summed E-state index contributed by atoms with van der Waals surface area (Å²) in [5.41, 5.74) is 1.22. The summed E-state index contributed by atoms with van der Waals surface area (Å²) in [4.78, 5) is 0. The standard InChI is InChI=1S/C17H26O4S/c1-5-18-12(3)10-20-15-8-7-14(9-16(15)19-6-2)17-21-13(4)11-22-17/h7-9,12-13,17H,5-6,10-11H2,1-4H3. The van der Waals surface area contributed by atoms with Crippen molar-refractivity contribution < 1.29 is 18.9 Å². The minimum absolute atomic E-state index is 0.0636. The van der Waals surface area contributed by atoms with Gasteiger partial charge >= 0.3 is 0 Å². The van der Waals surface area contributed by atoms with Crippen molar-refractivity contribution in [2.45, 2.75) is 45.3 Å². The van der Waals surface area contributed by atoms with Crippen LogP contribution in [-0.2, 0) is 9.47 Å². The first-order chi connectivity index (χ1) is 10.6. The molecule has 4 nitrogen and oxygen atoms in total. The molecule has 1 aromatic carbocycles. The van der Waals surface area contributed by atoms with Gasteiger partial charge in [0, 0.05) is 12.4 Å². The SMILES string of the molecule is CCOc1cc(C2OC(C)CS2)ccc1OCC(C)OCC. The van der Waals surface area contributed by atoms with Crippen LogP contribution in [0.25, 0.3) is 0 Å². The lowest BCUT2D eigenvalue weighted by Gasteiger charge is -2.18. The Balaban J connectivity index is 2.06. The molecule has 0 spiro atoms. The molecule has 2 rings (SSSR count). The van der Waals surface area contributed by atoms with E-state index in [0.29, 0.717) is 25.9 Å². The first kappa shape index (κ1) is 17.4. The van der Waals surface area contributed by atoms with Crippen molar-refractivity contribution in [3.63, 3.8) is 0 Å². The third-order valence-electron chi connectivity index (χ3n) is 3.30. The highest BCUT2D eigenvalue weighted by Gasteiger charge is 2.25. The van der Waals surface area contributed by atoms with Crippen molar-refractivity contribution in [1.82, 2.24) is 0 Å². The van der Waals surface area contributed by atoms with Gasteiger partial charge in [0.05, 0.1) is 18.8 Å². The summed E-state index contributed by atoms with van der Waals surface area (Å²) >= 11 is 1.82. The van der Waals surface area contributed by atoms with E-state index < -0.39 is 0 Å².